The summed E-state index contributed by atoms with van der Waals surface area (Å²) >= 11 is 0. The highest BCUT2D eigenvalue weighted by Gasteiger charge is 1.98. The van der Waals surface area contributed by atoms with Gasteiger partial charge in [0.1, 0.15) is 0 Å². The Labute approximate surface area is 76.1 Å². The second kappa shape index (κ2) is 7.53. The van der Waals surface area contributed by atoms with Crippen LogP contribution in [-0.2, 0) is 4.74 Å². The fourth-order valence-electron chi connectivity index (χ4n) is 1.05. The molecule has 0 unspecified atom stereocenters. The molecule has 74 valence electrons. The van der Waals surface area contributed by atoms with Gasteiger partial charge in [-0.15, -0.1) is 0 Å². The SMILES string of the molecule is COC[C@@H](C)NCCCN(C)C. The number of hydrogen-bond acceptors (Lipinski definition) is 3. The molecule has 0 aliphatic carbocycles. The van der Waals surface area contributed by atoms with E-state index in [-0.39, 0.29) is 0 Å². The topological polar surface area (TPSA) is 24.5 Å². The van der Waals surface area contributed by atoms with Crippen LogP contribution in [0.1, 0.15) is 13.3 Å². The van der Waals surface area contributed by atoms with Crippen molar-refractivity contribution in [3.8, 4) is 0 Å². The van der Waals surface area contributed by atoms with E-state index >= 15 is 0 Å². The Morgan fingerprint density at radius 2 is 2.08 bits per heavy atom. The molecule has 0 aromatic carbocycles. The van der Waals surface area contributed by atoms with E-state index in [0.29, 0.717) is 6.04 Å². The van der Waals surface area contributed by atoms with Crippen molar-refractivity contribution < 1.29 is 4.74 Å². The molecule has 0 saturated heterocycles. The first kappa shape index (κ1) is 11.9. The molecule has 0 amide bonds. The van der Waals surface area contributed by atoms with Crippen LogP contribution >= 0.6 is 0 Å². The highest BCUT2D eigenvalue weighted by atomic mass is 16.5. The number of methoxy groups -OCH3 is 1. The Morgan fingerprint density at radius 3 is 2.58 bits per heavy atom. The largest absolute Gasteiger partial charge is 0.383 e. The summed E-state index contributed by atoms with van der Waals surface area (Å²) in [6, 6.07) is 0.470. The van der Waals surface area contributed by atoms with Crippen LogP contribution in [-0.4, -0.2) is 51.8 Å². The smallest absolute Gasteiger partial charge is 0.0613 e. The number of hydrogen-bond donors (Lipinski definition) is 1. The summed E-state index contributed by atoms with van der Waals surface area (Å²) in [7, 11) is 5.93. The van der Waals surface area contributed by atoms with Gasteiger partial charge in [0.15, 0.2) is 0 Å². The lowest BCUT2D eigenvalue weighted by Crippen LogP contribution is -2.32. The van der Waals surface area contributed by atoms with Crippen molar-refractivity contribution >= 4 is 0 Å². The van der Waals surface area contributed by atoms with Crippen LogP contribution in [0.2, 0.25) is 0 Å². The van der Waals surface area contributed by atoms with Gasteiger partial charge in [0, 0.05) is 13.2 Å². The number of ether oxygens (including phenoxy) is 1. The Balaban J connectivity index is 3.08. The molecule has 12 heavy (non-hydrogen) atoms. The van der Waals surface area contributed by atoms with Crippen molar-refractivity contribution in [1.29, 1.82) is 0 Å². The third kappa shape index (κ3) is 7.98. The van der Waals surface area contributed by atoms with Crippen LogP contribution in [0.15, 0.2) is 0 Å². The predicted octanol–water partition coefficient (Wildman–Crippen LogP) is 0.563. The van der Waals surface area contributed by atoms with E-state index < -0.39 is 0 Å². The van der Waals surface area contributed by atoms with Gasteiger partial charge in [-0.25, -0.2) is 0 Å². The highest BCUT2D eigenvalue weighted by molar-refractivity contribution is 4.59. The van der Waals surface area contributed by atoms with Crippen molar-refractivity contribution in [2.75, 3.05) is 40.9 Å². The van der Waals surface area contributed by atoms with Crippen LogP contribution in [0.3, 0.4) is 0 Å². The molecule has 1 atom stereocenters. The maximum atomic E-state index is 5.01. The lowest BCUT2D eigenvalue weighted by Gasteiger charge is -2.14. The molecular weight excluding hydrogens is 152 g/mol. The van der Waals surface area contributed by atoms with E-state index in [0.717, 1.165) is 19.7 Å². The van der Waals surface area contributed by atoms with E-state index in [1.54, 1.807) is 7.11 Å². The highest BCUT2D eigenvalue weighted by Crippen LogP contribution is 1.85. The summed E-state index contributed by atoms with van der Waals surface area (Å²) < 4.78 is 5.01. The van der Waals surface area contributed by atoms with Crippen LogP contribution in [0.5, 0.6) is 0 Å². The molecule has 0 spiro atoms. The summed E-state index contributed by atoms with van der Waals surface area (Å²) in [5, 5.41) is 3.39. The van der Waals surface area contributed by atoms with Gasteiger partial charge in [-0.1, -0.05) is 0 Å². The third-order valence-corrected chi connectivity index (χ3v) is 1.69. The minimum absolute atomic E-state index is 0.470. The molecule has 3 heteroatoms. The van der Waals surface area contributed by atoms with Gasteiger partial charge in [0.25, 0.3) is 0 Å². The summed E-state index contributed by atoms with van der Waals surface area (Å²) in [5.74, 6) is 0. The lowest BCUT2D eigenvalue weighted by molar-refractivity contribution is 0.172. The van der Waals surface area contributed by atoms with Crippen LogP contribution < -0.4 is 5.32 Å². The normalized spacial score (nSPS) is 13.8. The van der Waals surface area contributed by atoms with Crippen LogP contribution in [0.4, 0.5) is 0 Å². The van der Waals surface area contributed by atoms with Crippen molar-refractivity contribution in [2.24, 2.45) is 0 Å². The van der Waals surface area contributed by atoms with E-state index in [4.69, 9.17) is 4.74 Å². The Bertz CT molecular complexity index is 96.5. The zero-order valence-electron chi connectivity index (χ0n) is 8.76. The lowest BCUT2D eigenvalue weighted by atomic mass is 10.3. The zero-order chi connectivity index (χ0) is 9.40. The first-order valence-electron chi connectivity index (χ1n) is 4.54. The Hall–Kier alpha value is -0.120. The van der Waals surface area contributed by atoms with Gasteiger partial charge in [0.05, 0.1) is 6.61 Å². The molecule has 0 saturated carbocycles. The fraction of sp³-hybridized carbons (Fsp3) is 1.00. The van der Waals surface area contributed by atoms with Gasteiger partial charge < -0.3 is 15.0 Å². The number of rotatable bonds is 7. The molecular formula is C9H22N2O. The third-order valence-electron chi connectivity index (χ3n) is 1.69. The average Bonchev–Trinajstić information content (AvgIpc) is 1.98. The second-order valence-corrected chi connectivity index (χ2v) is 3.47. The minimum Gasteiger partial charge on any atom is -0.383 e. The maximum Gasteiger partial charge on any atom is 0.0613 e. The summed E-state index contributed by atoms with van der Waals surface area (Å²) in [6.45, 7) is 5.15. The molecule has 0 fully saturated rings. The fourth-order valence-corrected chi connectivity index (χ4v) is 1.05. The second-order valence-electron chi connectivity index (χ2n) is 3.47. The van der Waals surface area contributed by atoms with E-state index in [2.05, 4.69) is 31.2 Å². The van der Waals surface area contributed by atoms with Crippen molar-refractivity contribution in [3.05, 3.63) is 0 Å². The minimum atomic E-state index is 0.470. The van der Waals surface area contributed by atoms with E-state index in [1.807, 2.05) is 0 Å². The molecule has 0 bridgehead atoms. The Kier molecular flexibility index (Phi) is 7.45. The molecule has 1 N–H and O–H groups in total. The van der Waals surface area contributed by atoms with Gasteiger partial charge in [-0.3, -0.25) is 0 Å². The average molecular weight is 174 g/mol. The molecule has 0 aromatic heterocycles. The molecule has 0 aliphatic heterocycles. The maximum absolute atomic E-state index is 5.01. The zero-order valence-corrected chi connectivity index (χ0v) is 8.76. The standard InChI is InChI=1S/C9H22N2O/c1-9(8-12-4)10-6-5-7-11(2)3/h9-10H,5-8H2,1-4H3/t9-/m1/s1. The predicted molar refractivity (Wildman–Crippen MR) is 52.5 cm³/mol. The quantitative estimate of drug-likeness (QED) is 0.571. The summed E-state index contributed by atoms with van der Waals surface area (Å²) in [4.78, 5) is 2.20. The monoisotopic (exact) mass is 174 g/mol. The summed E-state index contributed by atoms with van der Waals surface area (Å²) in [6.07, 6.45) is 1.20. The molecule has 0 heterocycles. The van der Waals surface area contributed by atoms with Crippen molar-refractivity contribution in [2.45, 2.75) is 19.4 Å². The van der Waals surface area contributed by atoms with E-state index in [9.17, 15) is 0 Å². The molecule has 0 aromatic rings. The number of nitrogens with one attached hydrogen (secondary N) is 1. The first-order valence-corrected chi connectivity index (χ1v) is 4.54. The van der Waals surface area contributed by atoms with Crippen LogP contribution in [0.25, 0.3) is 0 Å². The first-order chi connectivity index (χ1) is 5.66. The molecule has 0 radical (unpaired) electrons. The number of nitrogens with zero attached hydrogens (tertiary/aromatic N) is 1. The van der Waals surface area contributed by atoms with Gasteiger partial charge in [-0.05, 0) is 40.5 Å². The summed E-state index contributed by atoms with van der Waals surface area (Å²) in [5.41, 5.74) is 0. The molecule has 3 nitrogen and oxygen atoms in total. The van der Waals surface area contributed by atoms with Crippen LogP contribution in [0, 0.1) is 0 Å². The molecule has 0 rings (SSSR count). The van der Waals surface area contributed by atoms with Crippen molar-refractivity contribution in [3.63, 3.8) is 0 Å². The van der Waals surface area contributed by atoms with Gasteiger partial charge in [-0.2, -0.15) is 0 Å². The van der Waals surface area contributed by atoms with E-state index in [1.165, 1.54) is 6.42 Å². The van der Waals surface area contributed by atoms with Gasteiger partial charge in [0.2, 0.25) is 0 Å². The molecule has 0 aliphatic rings. The Morgan fingerprint density at radius 1 is 1.42 bits per heavy atom. The van der Waals surface area contributed by atoms with Gasteiger partial charge >= 0.3 is 0 Å². The van der Waals surface area contributed by atoms with Crippen molar-refractivity contribution in [1.82, 2.24) is 10.2 Å².